The highest BCUT2D eigenvalue weighted by Gasteiger charge is 2.29. The first-order chi connectivity index (χ1) is 11.7. The fraction of sp³-hybridized carbons (Fsp3) is 0.765. The number of ether oxygens (including phenoxy) is 1. The van der Waals surface area contributed by atoms with Crippen LogP contribution in [-0.2, 0) is 4.74 Å². The van der Waals surface area contributed by atoms with Crippen LogP contribution in [-0.4, -0.2) is 66.2 Å². The smallest absolute Gasteiger partial charge is 0.317 e. The number of carbonyl (C=O) groups is 1. The van der Waals surface area contributed by atoms with Gasteiger partial charge in [0.2, 0.25) is 0 Å². The quantitative estimate of drug-likeness (QED) is 0.904. The van der Waals surface area contributed by atoms with E-state index in [4.69, 9.17) is 4.74 Å². The summed E-state index contributed by atoms with van der Waals surface area (Å²) in [5.41, 5.74) is 1.01. The van der Waals surface area contributed by atoms with E-state index in [2.05, 4.69) is 22.1 Å². The van der Waals surface area contributed by atoms with Crippen molar-refractivity contribution < 1.29 is 9.53 Å². The van der Waals surface area contributed by atoms with E-state index < -0.39 is 0 Å². The molecule has 2 amide bonds. The van der Waals surface area contributed by atoms with Crippen molar-refractivity contribution in [2.75, 3.05) is 39.3 Å². The van der Waals surface area contributed by atoms with Gasteiger partial charge in [-0.15, -0.1) is 11.3 Å². The van der Waals surface area contributed by atoms with Crippen molar-refractivity contribution in [1.82, 2.24) is 20.1 Å². The maximum Gasteiger partial charge on any atom is 0.317 e. The minimum absolute atomic E-state index is 0.0468. The van der Waals surface area contributed by atoms with Crippen molar-refractivity contribution in [2.24, 2.45) is 0 Å². The average Bonchev–Trinajstić information content (AvgIpc) is 3.03. The van der Waals surface area contributed by atoms with Crippen LogP contribution in [0, 0.1) is 6.92 Å². The van der Waals surface area contributed by atoms with Gasteiger partial charge in [-0.3, -0.25) is 0 Å². The van der Waals surface area contributed by atoms with Gasteiger partial charge >= 0.3 is 6.03 Å². The molecule has 2 saturated heterocycles. The predicted molar refractivity (Wildman–Crippen MR) is 95.4 cm³/mol. The molecule has 1 aromatic heterocycles. The molecule has 24 heavy (non-hydrogen) atoms. The zero-order valence-electron chi connectivity index (χ0n) is 14.7. The number of likely N-dealkylation sites (tertiary alicyclic amines) is 1. The molecule has 1 aromatic rings. The lowest BCUT2D eigenvalue weighted by molar-refractivity contribution is -0.0161. The Balaban J connectivity index is 1.48. The maximum absolute atomic E-state index is 12.6. The molecule has 3 heterocycles. The van der Waals surface area contributed by atoms with Crippen molar-refractivity contribution in [2.45, 2.75) is 45.3 Å². The molecule has 2 fully saturated rings. The number of piperidine rings is 1. The number of morpholine rings is 1. The Labute approximate surface area is 148 Å². The van der Waals surface area contributed by atoms with Crippen LogP contribution in [0.4, 0.5) is 4.79 Å². The third-order valence-corrected chi connectivity index (χ3v) is 5.78. The van der Waals surface area contributed by atoms with E-state index in [1.54, 1.807) is 11.3 Å². The largest absolute Gasteiger partial charge is 0.367 e. The molecule has 0 bridgehead atoms. The van der Waals surface area contributed by atoms with Crippen LogP contribution in [0.5, 0.6) is 0 Å². The summed E-state index contributed by atoms with van der Waals surface area (Å²) in [4.78, 5) is 21.4. The molecule has 0 aromatic carbocycles. The number of nitrogens with zero attached hydrogens (tertiary/aromatic N) is 3. The van der Waals surface area contributed by atoms with Crippen LogP contribution in [0.2, 0.25) is 0 Å². The molecular weight excluding hydrogens is 324 g/mol. The SMILES string of the molecule is CCCN1CCC(NC(=O)N2CCOC(c3nc(C)cs3)C2)CC1. The van der Waals surface area contributed by atoms with Crippen LogP contribution in [0.1, 0.15) is 43.0 Å². The number of hydrogen-bond acceptors (Lipinski definition) is 5. The first-order valence-electron chi connectivity index (χ1n) is 8.97. The second-order valence-electron chi connectivity index (χ2n) is 6.70. The minimum atomic E-state index is -0.0883. The lowest BCUT2D eigenvalue weighted by atomic mass is 10.1. The van der Waals surface area contributed by atoms with Gasteiger partial charge in [-0.2, -0.15) is 0 Å². The Bertz CT molecular complexity index is 542. The maximum atomic E-state index is 12.6. The van der Waals surface area contributed by atoms with Crippen molar-refractivity contribution in [3.05, 3.63) is 16.1 Å². The highest BCUT2D eigenvalue weighted by Crippen LogP contribution is 2.25. The van der Waals surface area contributed by atoms with Crippen LogP contribution >= 0.6 is 11.3 Å². The van der Waals surface area contributed by atoms with Crippen LogP contribution < -0.4 is 5.32 Å². The zero-order chi connectivity index (χ0) is 16.9. The summed E-state index contributed by atoms with van der Waals surface area (Å²) in [6, 6.07) is 0.347. The first-order valence-corrected chi connectivity index (χ1v) is 9.85. The van der Waals surface area contributed by atoms with Crippen LogP contribution in [0.25, 0.3) is 0 Å². The van der Waals surface area contributed by atoms with Gasteiger partial charge in [-0.05, 0) is 32.7 Å². The number of urea groups is 1. The summed E-state index contributed by atoms with van der Waals surface area (Å²) >= 11 is 1.61. The Morgan fingerprint density at radius 3 is 2.88 bits per heavy atom. The Kier molecular flexibility index (Phi) is 6.08. The molecule has 7 heteroatoms. The van der Waals surface area contributed by atoms with E-state index in [0.29, 0.717) is 25.7 Å². The monoisotopic (exact) mass is 352 g/mol. The lowest BCUT2D eigenvalue weighted by Gasteiger charge is -2.36. The van der Waals surface area contributed by atoms with Crippen molar-refractivity contribution >= 4 is 17.4 Å². The fourth-order valence-electron chi connectivity index (χ4n) is 3.39. The molecule has 6 nitrogen and oxygen atoms in total. The van der Waals surface area contributed by atoms with Crippen molar-refractivity contribution in [3.63, 3.8) is 0 Å². The summed E-state index contributed by atoms with van der Waals surface area (Å²) in [6.45, 7) is 9.36. The number of aryl methyl sites for hydroxylation is 1. The predicted octanol–water partition coefficient (Wildman–Crippen LogP) is 2.41. The number of carbonyl (C=O) groups excluding carboxylic acids is 1. The van der Waals surface area contributed by atoms with Gasteiger partial charge in [0.05, 0.1) is 13.2 Å². The van der Waals surface area contributed by atoms with E-state index in [1.165, 1.54) is 13.0 Å². The Morgan fingerprint density at radius 2 is 2.21 bits per heavy atom. The van der Waals surface area contributed by atoms with E-state index in [1.807, 2.05) is 17.2 Å². The lowest BCUT2D eigenvalue weighted by Crippen LogP contribution is -2.52. The van der Waals surface area contributed by atoms with Gasteiger partial charge < -0.3 is 19.9 Å². The van der Waals surface area contributed by atoms with E-state index in [9.17, 15) is 4.79 Å². The number of rotatable bonds is 4. The Morgan fingerprint density at radius 1 is 1.42 bits per heavy atom. The molecule has 3 rings (SSSR count). The molecule has 134 valence electrons. The highest BCUT2D eigenvalue weighted by atomic mass is 32.1. The van der Waals surface area contributed by atoms with Gasteiger partial charge in [0.25, 0.3) is 0 Å². The molecule has 0 spiro atoms. The minimum Gasteiger partial charge on any atom is -0.367 e. The second-order valence-corrected chi connectivity index (χ2v) is 7.59. The molecular formula is C17H28N4O2S. The third-order valence-electron chi connectivity index (χ3n) is 4.72. The summed E-state index contributed by atoms with van der Waals surface area (Å²) in [7, 11) is 0. The zero-order valence-corrected chi connectivity index (χ0v) is 15.5. The molecule has 0 aliphatic carbocycles. The molecule has 0 radical (unpaired) electrons. The highest BCUT2D eigenvalue weighted by molar-refractivity contribution is 7.09. The van der Waals surface area contributed by atoms with Gasteiger partial charge in [0.15, 0.2) is 0 Å². The number of amides is 2. The van der Waals surface area contributed by atoms with Gasteiger partial charge in [-0.1, -0.05) is 6.92 Å². The summed E-state index contributed by atoms with van der Waals surface area (Å²) in [5, 5.41) is 6.22. The van der Waals surface area contributed by atoms with Gasteiger partial charge in [0.1, 0.15) is 11.1 Å². The number of thiazole rings is 1. The summed E-state index contributed by atoms with van der Waals surface area (Å²) < 4.78 is 5.81. The summed E-state index contributed by atoms with van der Waals surface area (Å²) in [6.07, 6.45) is 3.20. The summed E-state index contributed by atoms with van der Waals surface area (Å²) in [5.74, 6) is 0. The van der Waals surface area contributed by atoms with Crippen LogP contribution in [0.3, 0.4) is 0 Å². The Hall–Kier alpha value is -1.18. The van der Waals surface area contributed by atoms with E-state index in [0.717, 1.165) is 36.6 Å². The van der Waals surface area contributed by atoms with Crippen LogP contribution in [0.15, 0.2) is 5.38 Å². The molecule has 1 N–H and O–H groups in total. The second kappa shape index (κ2) is 8.27. The molecule has 1 atom stereocenters. The standard InChI is InChI=1S/C17H28N4O2S/c1-3-6-20-7-4-14(5-8-20)19-17(22)21-9-10-23-15(11-21)16-18-13(2)12-24-16/h12,14-15H,3-11H2,1-2H3,(H,19,22). The number of aromatic nitrogens is 1. The fourth-order valence-corrected chi connectivity index (χ4v) is 4.22. The molecule has 1 unspecified atom stereocenters. The van der Waals surface area contributed by atoms with E-state index >= 15 is 0 Å². The van der Waals surface area contributed by atoms with Crippen molar-refractivity contribution in [1.29, 1.82) is 0 Å². The van der Waals surface area contributed by atoms with E-state index in [-0.39, 0.29) is 12.1 Å². The van der Waals surface area contributed by atoms with Gasteiger partial charge in [0, 0.05) is 36.8 Å². The average molecular weight is 353 g/mol. The van der Waals surface area contributed by atoms with Gasteiger partial charge in [-0.25, -0.2) is 9.78 Å². The molecule has 2 aliphatic heterocycles. The topological polar surface area (TPSA) is 57.7 Å². The molecule has 2 aliphatic rings. The number of hydrogen-bond donors (Lipinski definition) is 1. The van der Waals surface area contributed by atoms with Crippen molar-refractivity contribution in [3.8, 4) is 0 Å². The molecule has 0 saturated carbocycles. The normalized spacial score (nSPS) is 23.4. The third kappa shape index (κ3) is 4.46. The first kappa shape index (κ1) is 17.6. The number of nitrogens with one attached hydrogen (secondary N) is 1.